The van der Waals surface area contributed by atoms with E-state index in [2.05, 4.69) is 25.7 Å². The van der Waals surface area contributed by atoms with E-state index in [1.807, 2.05) is 0 Å². The van der Waals surface area contributed by atoms with Crippen LogP contribution in [-0.4, -0.2) is 30.1 Å². The van der Waals surface area contributed by atoms with Crippen LogP contribution in [0.15, 0.2) is 0 Å². The minimum Gasteiger partial charge on any atom is -0.325 e. The van der Waals surface area contributed by atoms with E-state index in [1.54, 1.807) is 0 Å². The van der Waals surface area contributed by atoms with E-state index < -0.39 is 0 Å². The molecule has 18 heavy (non-hydrogen) atoms. The fourth-order valence-corrected chi connectivity index (χ4v) is 3.18. The summed E-state index contributed by atoms with van der Waals surface area (Å²) in [5, 5.41) is 0. The largest absolute Gasteiger partial charge is 0.325 e. The lowest BCUT2D eigenvalue weighted by atomic mass is 9.80. The van der Waals surface area contributed by atoms with Gasteiger partial charge in [-0.15, -0.1) is 0 Å². The molecule has 1 aliphatic rings. The van der Waals surface area contributed by atoms with Crippen molar-refractivity contribution in [3.63, 3.8) is 0 Å². The van der Waals surface area contributed by atoms with Crippen molar-refractivity contribution in [2.24, 2.45) is 11.7 Å². The molecule has 0 atom stereocenters. The first-order valence-electron chi connectivity index (χ1n) is 8.14. The third kappa shape index (κ3) is 5.27. The maximum absolute atomic E-state index is 6.53. The third-order valence-electron chi connectivity index (χ3n) is 4.89. The van der Waals surface area contributed by atoms with Crippen LogP contribution in [-0.2, 0) is 0 Å². The minimum absolute atomic E-state index is 0.152. The molecular weight excluding hydrogens is 220 g/mol. The van der Waals surface area contributed by atoms with Crippen molar-refractivity contribution in [1.29, 1.82) is 0 Å². The lowest BCUT2D eigenvalue weighted by Gasteiger charge is -2.36. The zero-order valence-corrected chi connectivity index (χ0v) is 12.9. The van der Waals surface area contributed by atoms with Crippen LogP contribution in [0.25, 0.3) is 0 Å². The SMILES string of the molecule is CCC(CC)CN(CC)CCC1(N)CCCCC1. The minimum atomic E-state index is 0.152. The molecular formula is C16H34N2. The summed E-state index contributed by atoms with van der Waals surface area (Å²) in [6.45, 7) is 10.5. The molecule has 2 heteroatoms. The van der Waals surface area contributed by atoms with Crippen molar-refractivity contribution >= 4 is 0 Å². The summed E-state index contributed by atoms with van der Waals surface area (Å²) < 4.78 is 0. The van der Waals surface area contributed by atoms with Crippen LogP contribution in [0.2, 0.25) is 0 Å². The molecule has 0 radical (unpaired) electrons. The molecule has 1 aliphatic carbocycles. The zero-order valence-electron chi connectivity index (χ0n) is 12.9. The highest BCUT2D eigenvalue weighted by atomic mass is 15.1. The molecule has 108 valence electrons. The number of hydrogen-bond acceptors (Lipinski definition) is 2. The highest BCUT2D eigenvalue weighted by Crippen LogP contribution is 2.28. The van der Waals surface area contributed by atoms with Gasteiger partial charge in [-0.2, -0.15) is 0 Å². The van der Waals surface area contributed by atoms with Gasteiger partial charge < -0.3 is 10.6 Å². The number of rotatable bonds is 8. The van der Waals surface area contributed by atoms with Crippen LogP contribution in [0.4, 0.5) is 0 Å². The smallest absolute Gasteiger partial charge is 0.0166 e. The number of hydrogen-bond donors (Lipinski definition) is 1. The van der Waals surface area contributed by atoms with Crippen molar-refractivity contribution < 1.29 is 0 Å². The first-order chi connectivity index (χ1) is 8.63. The second-order valence-electron chi connectivity index (χ2n) is 6.25. The second-order valence-corrected chi connectivity index (χ2v) is 6.25. The van der Waals surface area contributed by atoms with Gasteiger partial charge in [0.15, 0.2) is 0 Å². The summed E-state index contributed by atoms with van der Waals surface area (Å²) in [5.41, 5.74) is 6.68. The molecule has 1 rings (SSSR count). The Balaban J connectivity index is 2.33. The van der Waals surface area contributed by atoms with Crippen LogP contribution in [0, 0.1) is 5.92 Å². The van der Waals surface area contributed by atoms with E-state index >= 15 is 0 Å². The molecule has 0 aromatic carbocycles. The molecule has 0 amide bonds. The van der Waals surface area contributed by atoms with E-state index in [1.165, 1.54) is 71.0 Å². The predicted octanol–water partition coefficient (Wildman–Crippen LogP) is 3.80. The van der Waals surface area contributed by atoms with Crippen molar-refractivity contribution in [1.82, 2.24) is 4.90 Å². The lowest BCUT2D eigenvalue weighted by Crippen LogP contribution is -2.45. The summed E-state index contributed by atoms with van der Waals surface area (Å²) in [7, 11) is 0. The van der Waals surface area contributed by atoms with Gasteiger partial charge in [-0.05, 0) is 38.3 Å². The van der Waals surface area contributed by atoms with Crippen LogP contribution < -0.4 is 5.73 Å². The van der Waals surface area contributed by atoms with Gasteiger partial charge >= 0.3 is 0 Å². The van der Waals surface area contributed by atoms with Gasteiger partial charge in [0.1, 0.15) is 0 Å². The van der Waals surface area contributed by atoms with Gasteiger partial charge in [-0.25, -0.2) is 0 Å². The molecule has 0 unspecified atom stereocenters. The monoisotopic (exact) mass is 254 g/mol. The normalized spacial score (nSPS) is 19.7. The predicted molar refractivity (Wildman–Crippen MR) is 80.8 cm³/mol. The molecule has 0 heterocycles. The highest BCUT2D eigenvalue weighted by molar-refractivity contribution is 4.88. The standard InChI is InChI=1S/C16H34N2/c1-4-15(5-2)14-18(6-3)13-12-16(17)10-8-7-9-11-16/h15H,4-14,17H2,1-3H3. The Morgan fingerprint density at radius 3 is 2.17 bits per heavy atom. The fourth-order valence-electron chi connectivity index (χ4n) is 3.18. The Hall–Kier alpha value is -0.0800. The second kappa shape index (κ2) is 8.16. The molecule has 0 spiro atoms. The first-order valence-corrected chi connectivity index (χ1v) is 8.14. The van der Waals surface area contributed by atoms with Crippen molar-refractivity contribution in [3.05, 3.63) is 0 Å². The first kappa shape index (κ1) is 16.0. The third-order valence-corrected chi connectivity index (χ3v) is 4.89. The maximum Gasteiger partial charge on any atom is 0.0166 e. The Bertz CT molecular complexity index is 205. The Morgan fingerprint density at radius 1 is 1.06 bits per heavy atom. The van der Waals surface area contributed by atoms with Gasteiger partial charge in [0.25, 0.3) is 0 Å². The summed E-state index contributed by atoms with van der Waals surface area (Å²) in [5.74, 6) is 0.866. The molecule has 0 bridgehead atoms. The summed E-state index contributed by atoms with van der Waals surface area (Å²) >= 11 is 0. The number of nitrogens with zero attached hydrogens (tertiary/aromatic N) is 1. The molecule has 2 N–H and O–H groups in total. The van der Waals surface area contributed by atoms with E-state index in [0.717, 1.165) is 5.92 Å². The van der Waals surface area contributed by atoms with E-state index in [9.17, 15) is 0 Å². The lowest BCUT2D eigenvalue weighted by molar-refractivity contribution is 0.189. The number of nitrogens with two attached hydrogens (primary N) is 1. The van der Waals surface area contributed by atoms with Gasteiger partial charge in [-0.3, -0.25) is 0 Å². The molecule has 0 aliphatic heterocycles. The van der Waals surface area contributed by atoms with E-state index in [0.29, 0.717) is 0 Å². The Labute approximate surface area is 114 Å². The summed E-state index contributed by atoms with van der Waals surface area (Å²) in [4.78, 5) is 2.61. The topological polar surface area (TPSA) is 29.3 Å². The average Bonchev–Trinajstić information content (AvgIpc) is 2.40. The quantitative estimate of drug-likeness (QED) is 0.714. The van der Waals surface area contributed by atoms with Crippen molar-refractivity contribution in [2.45, 2.75) is 77.7 Å². The molecule has 0 saturated heterocycles. The van der Waals surface area contributed by atoms with Crippen molar-refractivity contribution in [2.75, 3.05) is 19.6 Å². The molecule has 1 saturated carbocycles. The van der Waals surface area contributed by atoms with Crippen LogP contribution >= 0.6 is 0 Å². The molecule has 0 aromatic rings. The molecule has 2 nitrogen and oxygen atoms in total. The highest BCUT2D eigenvalue weighted by Gasteiger charge is 2.27. The molecule has 1 fully saturated rings. The fraction of sp³-hybridized carbons (Fsp3) is 1.00. The van der Waals surface area contributed by atoms with Gasteiger partial charge in [0.2, 0.25) is 0 Å². The average molecular weight is 254 g/mol. The van der Waals surface area contributed by atoms with Crippen LogP contribution in [0.5, 0.6) is 0 Å². The Kier molecular flexibility index (Phi) is 7.25. The van der Waals surface area contributed by atoms with Gasteiger partial charge in [0, 0.05) is 12.1 Å². The summed E-state index contributed by atoms with van der Waals surface area (Å²) in [6, 6.07) is 0. The van der Waals surface area contributed by atoms with Crippen LogP contribution in [0.1, 0.15) is 72.1 Å². The molecule has 0 aromatic heterocycles. The zero-order chi connectivity index (χ0) is 13.4. The van der Waals surface area contributed by atoms with Crippen molar-refractivity contribution in [3.8, 4) is 0 Å². The van der Waals surface area contributed by atoms with Gasteiger partial charge in [0.05, 0.1) is 0 Å². The van der Waals surface area contributed by atoms with E-state index in [-0.39, 0.29) is 5.54 Å². The van der Waals surface area contributed by atoms with Gasteiger partial charge in [-0.1, -0.05) is 52.9 Å². The Morgan fingerprint density at radius 2 is 1.67 bits per heavy atom. The summed E-state index contributed by atoms with van der Waals surface area (Å²) in [6.07, 6.45) is 10.4. The van der Waals surface area contributed by atoms with Crippen LogP contribution in [0.3, 0.4) is 0 Å². The van der Waals surface area contributed by atoms with E-state index in [4.69, 9.17) is 5.73 Å². The maximum atomic E-state index is 6.53.